The summed E-state index contributed by atoms with van der Waals surface area (Å²) in [5, 5.41) is 14.0. The van der Waals surface area contributed by atoms with Crippen LogP contribution in [0.5, 0.6) is 0 Å². The van der Waals surface area contributed by atoms with E-state index >= 15 is 0 Å². The van der Waals surface area contributed by atoms with Crippen LogP contribution >= 0.6 is 0 Å². The van der Waals surface area contributed by atoms with Crippen molar-refractivity contribution in [3.05, 3.63) is 59.8 Å². The van der Waals surface area contributed by atoms with Crippen LogP contribution in [0.4, 0.5) is 0 Å². The Morgan fingerprint density at radius 3 is 2.60 bits per heavy atom. The van der Waals surface area contributed by atoms with E-state index in [4.69, 9.17) is 4.52 Å². The molecule has 5 rings (SSSR count). The predicted octanol–water partition coefficient (Wildman–Crippen LogP) is 1.78. The second kappa shape index (κ2) is 9.04. The monoisotopic (exact) mass is 473 g/mol. The summed E-state index contributed by atoms with van der Waals surface area (Å²) < 4.78 is 7.36. The van der Waals surface area contributed by atoms with Crippen molar-refractivity contribution in [1.82, 2.24) is 24.5 Å². The highest BCUT2D eigenvalue weighted by Crippen LogP contribution is 2.51. The maximum Gasteiger partial charge on any atom is 0.312 e. The number of aromatic nitrogens is 3. The summed E-state index contributed by atoms with van der Waals surface area (Å²) >= 11 is 0. The van der Waals surface area contributed by atoms with Gasteiger partial charge >= 0.3 is 11.8 Å². The molecule has 9 heteroatoms. The van der Waals surface area contributed by atoms with E-state index in [0.29, 0.717) is 43.1 Å². The molecule has 2 aliphatic rings. The van der Waals surface area contributed by atoms with Gasteiger partial charge in [0.2, 0.25) is 0 Å². The van der Waals surface area contributed by atoms with Gasteiger partial charge in [0.1, 0.15) is 17.6 Å². The lowest BCUT2D eigenvalue weighted by Gasteiger charge is -2.20. The molecule has 1 aromatic carbocycles. The number of aliphatic hydroxyl groups excluding tert-OH is 1. The van der Waals surface area contributed by atoms with Crippen molar-refractivity contribution in [2.45, 2.75) is 19.6 Å². The number of likely N-dealkylation sites (N-methyl/N-ethyl adjacent to an activating group) is 1. The SMILES string of the molecule is C[C@H](O)c1nccn1Cc1cc(-c2ccc(C#C[C@@H]3[C@H]4CN(C(=O)C(=O)N(C)C)C[C@@H]34)cc2)on1. The van der Waals surface area contributed by atoms with Crippen LogP contribution in [0.3, 0.4) is 0 Å². The quantitative estimate of drug-likeness (QED) is 0.458. The molecule has 0 spiro atoms. The fraction of sp³-hybridized carbons (Fsp3) is 0.385. The smallest absolute Gasteiger partial charge is 0.312 e. The van der Waals surface area contributed by atoms with E-state index in [9.17, 15) is 14.7 Å². The molecule has 4 atom stereocenters. The Bertz CT molecular complexity index is 1300. The molecule has 3 heterocycles. The fourth-order valence-corrected chi connectivity index (χ4v) is 4.64. The lowest BCUT2D eigenvalue weighted by molar-refractivity contribution is -0.150. The van der Waals surface area contributed by atoms with Gasteiger partial charge in [-0.2, -0.15) is 0 Å². The molecule has 3 aromatic rings. The third-order valence-electron chi connectivity index (χ3n) is 6.64. The average molecular weight is 474 g/mol. The second-order valence-electron chi connectivity index (χ2n) is 9.38. The highest BCUT2D eigenvalue weighted by atomic mass is 16.5. The van der Waals surface area contributed by atoms with Crippen molar-refractivity contribution in [1.29, 1.82) is 0 Å². The topological polar surface area (TPSA) is 105 Å². The summed E-state index contributed by atoms with van der Waals surface area (Å²) in [7, 11) is 3.18. The maximum absolute atomic E-state index is 12.2. The minimum absolute atomic E-state index is 0.278. The first-order valence-electron chi connectivity index (χ1n) is 11.6. The zero-order valence-corrected chi connectivity index (χ0v) is 19.9. The second-order valence-corrected chi connectivity index (χ2v) is 9.38. The number of likely N-dealkylation sites (tertiary alicyclic amines) is 1. The molecule has 1 saturated heterocycles. The number of rotatable bonds is 4. The molecule has 1 aliphatic heterocycles. The summed E-state index contributed by atoms with van der Waals surface area (Å²) in [6, 6.07) is 9.69. The van der Waals surface area contributed by atoms with Crippen LogP contribution in [0.2, 0.25) is 0 Å². The number of carbonyl (C=O) groups excluding carboxylic acids is 2. The number of hydrogen-bond acceptors (Lipinski definition) is 6. The molecular formula is C26H27N5O4. The van der Waals surface area contributed by atoms with Crippen LogP contribution in [0.25, 0.3) is 11.3 Å². The summed E-state index contributed by atoms with van der Waals surface area (Å²) in [4.78, 5) is 31.2. The summed E-state index contributed by atoms with van der Waals surface area (Å²) in [5.41, 5.74) is 2.55. The Labute approximate surface area is 203 Å². The zero-order chi connectivity index (χ0) is 24.7. The molecule has 1 saturated carbocycles. The predicted molar refractivity (Wildman–Crippen MR) is 127 cm³/mol. The van der Waals surface area contributed by atoms with E-state index in [2.05, 4.69) is 22.0 Å². The third kappa shape index (κ3) is 4.57. The van der Waals surface area contributed by atoms with E-state index in [0.717, 1.165) is 16.8 Å². The van der Waals surface area contributed by atoms with E-state index < -0.39 is 17.9 Å². The van der Waals surface area contributed by atoms with Gasteiger partial charge in [-0.1, -0.05) is 17.0 Å². The van der Waals surface area contributed by atoms with Gasteiger partial charge in [-0.05, 0) is 43.0 Å². The van der Waals surface area contributed by atoms with Crippen molar-refractivity contribution in [2.24, 2.45) is 17.8 Å². The molecule has 2 amide bonds. The molecule has 1 aliphatic carbocycles. The van der Waals surface area contributed by atoms with Crippen molar-refractivity contribution >= 4 is 11.8 Å². The Morgan fingerprint density at radius 1 is 1.23 bits per heavy atom. The molecule has 35 heavy (non-hydrogen) atoms. The molecule has 0 unspecified atom stereocenters. The lowest BCUT2D eigenvalue weighted by Crippen LogP contribution is -2.42. The number of hydrogen-bond donors (Lipinski definition) is 1. The average Bonchev–Trinajstić information content (AvgIpc) is 3.34. The minimum atomic E-state index is -0.658. The Hall–Kier alpha value is -3.90. The van der Waals surface area contributed by atoms with Crippen molar-refractivity contribution in [2.75, 3.05) is 27.2 Å². The third-order valence-corrected chi connectivity index (χ3v) is 6.64. The minimum Gasteiger partial charge on any atom is -0.385 e. The van der Waals surface area contributed by atoms with E-state index in [1.165, 1.54) is 4.90 Å². The Morgan fingerprint density at radius 2 is 1.94 bits per heavy atom. The van der Waals surface area contributed by atoms with Crippen LogP contribution in [-0.2, 0) is 16.1 Å². The first-order chi connectivity index (χ1) is 16.8. The van der Waals surface area contributed by atoms with Crippen LogP contribution in [0, 0.1) is 29.6 Å². The molecule has 180 valence electrons. The van der Waals surface area contributed by atoms with Gasteiger partial charge in [-0.15, -0.1) is 0 Å². The zero-order valence-electron chi connectivity index (χ0n) is 19.9. The molecule has 9 nitrogen and oxygen atoms in total. The summed E-state index contributed by atoms with van der Waals surface area (Å²) in [5.74, 6) is 7.92. The van der Waals surface area contributed by atoms with E-state index in [1.807, 2.05) is 34.9 Å². The van der Waals surface area contributed by atoms with Crippen LogP contribution in [-0.4, -0.2) is 68.6 Å². The molecule has 2 aromatic heterocycles. The van der Waals surface area contributed by atoms with Gasteiger partial charge in [0.05, 0.1) is 6.54 Å². The number of benzene rings is 1. The van der Waals surface area contributed by atoms with Crippen molar-refractivity contribution in [3.8, 4) is 23.2 Å². The molecular weight excluding hydrogens is 446 g/mol. The lowest BCUT2D eigenvalue weighted by atomic mass is 10.1. The normalized spacial score (nSPS) is 21.1. The number of imidazole rings is 1. The standard InChI is InChI=1S/C26H27N5O4/c1-16(32)24-27-10-11-30(24)13-19-12-23(35-28-19)18-7-4-17(5-8-18)6-9-20-21-14-31(15-22(20)21)26(34)25(33)29(2)3/h4-5,7-8,10-12,16,20-22,32H,13-15H2,1-3H3/t16-,20-,21-,22+/m0/s1. The van der Waals surface area contributed by atoms with E-state index in [1.54, 1.807) is 38.3 Å². The maximum atomic E-state index is 12.2. The van der Waals surface area contributed by atoms with Crippen LogP contribution in [0.15, 0.2) is 47.2 Å². The number of piperidine rings is 1. The molecule has 0 radical (unpaired) electrons. The fourth-order valence-electron chi connectivity index (χ4n) is 4.64. The molecule has 1 N–H and O–H groups in total. The number of aliphatic hydroxyl groups is 1. The first-order valence-corrected chi connectivity index (χ1v) is 11.6. The number of nitrogens with zero attached hydrogens (tertiary/aromatic N) is 5. The van der Waals surface area contributed by atoms with Crippen LogP contribution in [0.1, 0.15) is 30.1 Å². The first kappa shape index (κ1) is 22.9. The van der Waals surface area contributed by atoms with Gasteiger partial charge in [-0.25, -0.2) is 4.98 Å². The van der Waals surface area contributed by atoms with Gasteiger partial charge in [0.15, 0.2) is 5.76 Å². The number of carbonyl (C=O) groups is 2. The number of fused-ring (bicyclic) bond motifs is 1. The number of amides is 2. The largest absolute Gasteiger partial charge is 0.385 e. The highest BCUT2D eigenvalue weighted by Gasteiger charge is 2.56. The molecule has 2 fully saturated rings. The van der Waals surface area contributed by atoms with Gasteiger partial charge in [-0.3, -0.25) is 9.59 Å². The van der Waals surface area contributed by atoms with Gasteiger partial charge < -0.3 is 24.0 Å². The van der Waals surface area contributed by atoms with E-state index in [-0.39, 0.29) is 5.92 Å². The molecule has 0 bridgehead atoms. The summed E-state index contributed by atoms with van der Waals surface area (Å²) in [6.07, 6.45) is 2.80. The van der Waals surface area contributed by atoms with Gasteiger partial charge in [0.25, 0.3) is 0 Å². The Balaban J connectivity index is 1.17. The van der Waals surface area contributed by atoms with Crippen molar-refractivity contribution in [3.63, 3.8) is 0 Å². The van der Waals surface area contributed by atoms with Crippen LogP contribution < -0.4 is 0 Å². The highest BCUT2D eigenvalue weighted by molar-refractivity contribution is 6.34. The summed E-state index contributed by atoms with van der Waals surface area (Å²) in [6.45, 7) is 3.35. The van der Waals surface area contributed by atoms with Gasteiger partial charge in [0, 0.05) is 62.7 Å². The Kier molecular flexibility index (Phi) is 5.91. The van der Waals surface area contributed by atoms with Crippen molar-refractivity contribution < 1.29 is 19.2 Å².